The second-order valence-corrected chi connectivity index (χ2v) is 5.84. The first kappa shape index (κ1) is 14.7. The molecule has 0 saturated heterocycles. The van der Waals surface area contributed by atoms with Crippen molar-refractivity contribution in [2.45, 2.75) is 6.54 Å². The predicted octanol–water partition coefficient (Wildman–Crippen LogP) is 3.39. The van der Waals surface area contributed by atoms with Crippen molar-refractivity contribution in [3.05, 3.63) is 81.3 Å². The number of amides is 1. The molecule has 6 heteroatoms. The number of carbonyl (C=O) groups is 1. The van der Waals surface area contributed by atoms with Crippen LogP contribution in [0.5, 0.6) is 0 Å². The SMILES string of the molecule is O=C(N=c1sccn1Cc1ccccc1Cl)c1ccncc1. The molecule has 1 amide bonds. The first-order valence-corrected chi connectivity index (χ1v) is 7.86. The van der Waals surface area contributed by atoms with E-state index in [9.17, 15) is 4.79 Å². The van der Waals surface area contributed by atoms with Gasteiger partial charge in [0.1, 0.15) is 0 Å². The number of carbonyl (C=O) groups excluding carboxylic acids is 1. The highest BCUT2D eigenvalue weighted by atomic mass is 35.5. The Kier molecular flexibility index (Phi) is 4.46. The van der Waals surface area contributed by atoms with E-state index < -0.39 is 0 Å². The molecule has 1 aromatic carbocycles. The van der Waals surface area contributed by atoms with Crippen molar-refractivity contribution in [1.29, 1.82) is 0 Å². The molecule has 3 rings (SSSR count). The third-order valence-electron chi connectivity index (χ3n) is 3.08. The van der Waals surface area contributed by atoms with Crippen molar-refractivity contribution < 1.29 is 4.79 Å². The first-order valence-electron chi connectivity index (χ1n) is 6.60. The van der Waals surface area contributed by atoms with Crippen molar-refractivity contribution in [3.8, 4) is 0 Å². The van der Waals surface area contributed by atoms with E-state index in [0.29, 0.717) is 21.9 Å². The van der Waals surface area contributed by atoms with Crippen LogP contribution in [0.4, 0.5) is 0 Å². The topological polar surface area (TPSA) is 47.2 Å². The van der Waals surface area contributed by atoms with Gasteiger partial charge in [-0.15, -0.1) is 11.3 Å². The minimum Gasteiger partial charge on any atom is -0.319 e. The Morgan fingerprint density at radius 3 is 2.77 bits per heavy atom. The first-order chi connectivity index (χ1) is 10.7. The normalized spacial score (nSPS) is 11.6. The molecular weight excluding hydrogens is 318 g/mol. The summed E-state index contributed by atoms with van der Waals surface area (Å²) in [6, 6.07) is 10.9. The molecular formula is C16H12ClN3OS. The number of pyridine rings is 1. The van der Waals surface area contributed by atoms with Crippen molar-refractivity contribution in [2.75, 3.05) is 0 Å². The second-order valence-electron chi connectivity index (χ2n) is 4.56. The van der Waals surface area contributed by atoms with Crippen LogP contribution in [0.1, 0.15) is 15.9 Å². The molecule has 0 aliphatic rings. The Hall–Kier alpha value is -2.24. The van der Waals surface area contributed by atoms with E-state index in [4.69, 9.17) is 11.6 Å². The number of thiazole rings is 1. The largest absolute Gasteiger partial charge is 0.319 e. The van der Waals surface area contributed by atoms with E-state index in [-0.39, 0.29) is 5.91 Å². The van der Waals surface area contributed by atoms with Gasteiger partial charge in [0.25, 0.3) is 5.91 Å². The fourth-order valence-electron chi connectivity index (χ4n) is 1.96. The zero-order valence-corrected chi connectivity index (χ0v) is 13.1. The minimum absolute atomic E-state index is 0.280. The number of rotatable bonds is 3. The van der Waals surface area contributed by atoms with Crippen LogP contribution in [0.25, 0.3) is 0 Å². The summed E-state index contributed by atoms with van der Waals surface area (Å²) in [7, 11) is 0. The van der Waals surface area contributed by atoms with Gasteiger partial charge in [-0.2, -0.15) is 4.99 Å². The zero-order valence-electron chi connectivity index (χ0n) is 11.5. The van der Waals surface area contributed by atoms with Crippen LogP contribution < -0.4 is 4.80 Å². The maximum atomic E-state index is 12.2. The number of hydrogen-bond donors (Lipinski definition) is 0. The van der Waals surface area contributed by atoms with Gasteiger partial charge in [-0.25, -0.2) is 0 Å². The van der Waals surface area contributed by atoms with Gasteiger partial charge in [-0.3, -0.25) is 9.78 Å². The van der Waals surface area contributed by atoms with E-state index in [1.165, 1.54) is 11.3 Å². The summed E-state index contributed by atoms with van der Waals surface area (Å²) >= 11 is 7.60. The van der Waals surface area contributed by atoms with Gasteiger partial charge >= 0.3 is 0 Å². The Labute approximate surface area is 136 Å². The molecule has 0 fully saturated rings. The van der Waals surface area contributed by atoms with Crippen LogP contribution >= 0.6 is 22.9 Å². The summed E-state index contributed by atoms with van der Waals surface area (Å²) in [5.74, 6) is -0.280. The van der Waals surface area contributed by atoms with Crippen LogP contribution in [-0.4, -0.2) is 15.5 Å². The van der Waals surface area contributed by atoms with E-state index in [0.717, 1.165) is 5.56 Å². The van der Waals surface area contributed by atoms with Crippen LogP contribution in [0.3, 0.4) is 0 Å². The minimum atomic E-state index is -0.280. The summed E-state index contributed by atoms with van der Waals surface area (Å²) in [6.45, 7) is 0.575. The van der Waals surface area contributed by atoms with E-state index in [1.54, 1.807) is 24.5 Å². The molecule has 0 radical (unpaired) electrons. The molecule has 22 heavy (non-hydrogen) atoms. The Morgan fingerprint density at radius 1 is 1.23 bits per heavy atom. The fourth-order valence-corrected chi connectivity index (χ4v) is 2.88. The quantitative estimate of drug-likeness (QED) is 0.739. The number of halogens is 1. The van der Waals surface area contributed by atoms with Crippen LogP contribution in [0.2, 0.25) is 5.02 Å². The molecule has 0 saturated carbocycles. The maximum Gasteiger partial charge on any atom is 0.279 e. The lowest BCUT2D eigenvalue weighted by Crippen LogP contribution is -2.17. The Bertz CT molecular complexity index is 855. The van der Waals surface area contributed by atoms with Crippen LogP contribution in [-0.2, 0) is 6.54 Å². The van der Waals surface area contributed by atoms with Crippen molar-refractivity contribution in [1.82, 2.24) is 9.55 Å². The van der Waals surface area contributed by atoms with Gasteiger partial charge in [-0.05, 0) is 23.8 Å². The highest BCUT2D eigenvalue weighted by molar-refractivity contribution is 7.07. The average Bonchev–Trinajstić information content (AvgIpc) is 2.97. The molecule has 2 heterocycles. The lowest BCUT2D eigenvalue weighted by molar-refractivity contribution is 0.0997. The van der Waals surface area contributed by atoms with Gasteiger partial charge in [-0.1, -0.05) is 29.8 Å². The van der Waals surface area contributed by atoms with Crippen molar-refractivity contribution in [2.24, 2.45) is 4.99 Å². The number of nitrogens with zero attached hydrogens (tertiary/aromatic N) is 3. The van der Waals surface area contributed by atoms with Gasteiger partial charge < -0.3 is 4.57 Å². The second kappa shape index (κ2) is 6.68. The number of benzene rings is 1. The highest BCUT2D eigenvalue weighted by Gasteiger charge is 2.06. The molecule has 0 bridgehead atoms. The lowest BCUT2D eigenvalue weighted by atomic mass is 10.2. The molecule has 2 aromatic heterocycles. The molecule has 3 aromatic rings. The standard InChI is InChI=1S/C16H12ClN3OS/c17-14-4-2-1-3-13(14)11-20-9-10-22-16(20)19-15(21)12-5-7-18-8-6-12/h1-10H,11H2. The predicted molar refractivity (Wildman–Crippen MR) is 87.0 cm³/mol. The lowest BCUT2D eigenvalue weighted by Gasteiger charge is -2.05. The summed E-state index contributed by atoms with van der Waals surface area (Å²) in [5.41, 5.74) is 1.51. The third kappa shape index (κ3) is 3.32. The molecule has 0 N–H and O–H groups in total. The maximum absolute atomic E-state index is 12.2. The monoisotopic (exact) mass is 329 g/mol. The van der Waals surface area contributed by atoms with Crippen molar-refractivity contribution >= 4 is 28.8 Å². The van der Waals surface area contributed by atoms with Crippen LogP contribution in [0.15, 0.2) is 65.4 Å². The number of aromatic nitrogens is 2. The summed E-state index contributed by atoms with van der Waals surface area (Å²) in [5, 5.41) is 2.60. The summed E-state index contributed by atoms with van der Waals surface area (Å²) in [4.78, 5) is 20.9. The molecule has 0 aliphatic carbocycles. The Balaban J connectivity index is 1.91. The van der Waals surface area contributed by atoms with Crippen LogP contribution in [0, 0.1) is 0 Å². The fraction of sp³-hybridized carbons (Fsp3) is 0.0625. The van der Waals surface area contributed by atoms with E-state index in [1.807, 2.05) is 40.4 Å². The third-order valence-corrected chi connectivity index (χ3v) is 4.25. The van der Waals surface area contributed by atoms with E-state index >= 15 is 0 Å². The van der Waals surface area contributed by atoms with Gasteiger partial charge in [0.05, 0.1) is 6.54 Å². The number of hydrogen-bond acceptors (Lipinski definition) is 3. The molecule has 4 nitrogen and oxygen atoms in total. The summed E-state index contributed by atoms with van der Waals surface area (Å²) in [6.07, 6.45) is 5.05. The Morgan fingerprint density at radius 2 is 2.00 bits per heavy atom. The summed E-state index contributed by atoms with van der Waals surface area (Å²) < 4.78 is 1.91. The molecule has 0 unspecified atom stereocenters. The molecule has 0 spiro atoms. The van der Waals surface area contributed by atoms with Gasteiger partial charge in [0.15, 0.2) is 4.80 Å². The molecule has 0 aliphatic heterocycles. The van der Waals surface area contributed by atoms with E-state index in [2.05, 4.69) is 9.98 Å². The van der Waals surface area contributed by atoms with Gasteiger partial charge in [0, 0.05) is 34.6 Å². The molecule has 110 valence electrons. The van der Waals surface area contributed by atoms with Crippen molar-refractivity contribution in [3.63, 3.8) is 0 Å². The average molecular weight is 330 g/mol. The zero-order chi connectivity index (χ0) is 15.4. The molecule has 0 atom stereocenters. The highest BCUT2D eigenvalue weighted by Crippen LogP contribution is 2.15. The van der Waals surface area contributed by atoms with Gasteiger partial charge in [0.2, 0.25) is 0 Å². The smallest absolute Gasteiger partial charge is 0.279 e.